The van der Waals surface area contributed by atoms with E-state index in [1.54, 1.807) is 26.6 Å². The van der Waals surface area contributed by atoms with Gasteiger partial charge < -0.3 is 0 Å². The fraction of sp³-hybridized carbons (Fsp3) is 0.676. The van der Waals surface area contributed by atoms with Gasteiger partial charge >= 0.3 is 185 Å². The van der Waals surface area contributed by atoms with Gasteiger partial charge in [-0.3, -0.25) is 0 Å². The van der Waals surface area contributed by atoms with Crippen molar-refractivity contribution in [3.8, 4) is 11.1 Å². The summed E-state index contributed by atoms with van der Waals surface area (Å²) in [6.07, 6.45) is 18.8. The second-order valence-corrected chi connectivity index (χ2v) is 29.5. The predicted octanol–water partition coefficient (Wildman–Crippen LogP) is 11.8. The molecule has 0 saturated heterocycles. The normalized spacial score (nSPS) is 11.5. The summed E-state index contributed by atoms with van der Waals surface area (Å²) in [5.74, 6) is 0. The van der Waals surface area contributed by atoms with Crippen LogP contribution >= 0.6 is 0 Å². The first kappa shape index (κ1) is 38.3. The second kappa shape index (κ2) is 25.7. The van der Waals surface area contributed by atoms with E-state index >= 15 is 0 Å². The molecular weight excluding hydrogens is 710 g/mol. The number of hydrogen-bond donors (Lipinski definition) is 0. The average Bonchev–Trinajstić information content (AvgIpc) is 3.34. The van der Waals surface area contributed by atoms with Crippen molar-refractivity contribution < 1.29 is 0 Å². The van der Waals surface area contributed by atoms with Gasteiger partial charge in [-0.05, 0) is 28.7 Å². The van der Waals surface area contributed by atoms with Crippen molar-refractivity contribution in [2.45, 2.75) is 152 Å². The fourth-order valence-corrected chi connectivity index (χ4v) is 24.6. The molecule has 1 aliphatic carbocycles. The smallest absolute Gasteiger partial charge is 0.0670 e. The van der Waals surface area contributed by atoms with E-state index in [9.17, 15) is 0 Å². The third-order valence-corrected chi connectivity index (χ3v) is 26.6. The van der Waals surface area contributed by atoms with E-state index in [1.165, 1.54) is 99.3 Å². The van der Waals surface area contributed by atoms with Crippen LogP contribution < -0.4 is 5.19 Å². The van der Waals surface area contributed by atoms with E-state index in [2.05, 4.69) is 94.2 Å². The summed E-state index contributed by atoms with van der Waals surface area (Å²) >= 11 is -1.68. The van der Waals surface area contributed by atoms with E-state index in [1.807, 2.05) is 0 Å². The minimum absolute atomic E-state index is 0.839. The van der Waals surface area contributed by atoms with Crippen LogP contribution in [0, 0.1) is 0 Å². The van der Waals surface area contributed by atoms with Gasteiger partial charge in [-0.1, -0.05) is 47.7 Å². The van der Waals surface area contributed by atoms with Crippen LogP contribution in [0.2, 0.25) is 26.6 Å². The second-order valence-electron chi connectivity index (χ2n) is 11.8. The molecule has 40 heavy (non-hydrogen) atoms. The third kappa shape index (κ3) is 16.8. The van der Waals surface area contributed by atoms with E-state index in [0.29, 0.717) is 0 Å². The molecule has 0 atom stereocenters. The van der Waals surface area contributed by atoms with Crippen LogP contribution in [0.5, 0.6) is 0 Å². The zero-order valence-corrected chi connectivity index (χ0v) is 34.2. The van der Waals surface area contributed by atoms with Crippen LogP contribution in [0.4, 0.5) is 0 Å². The SMILES string of the molecule is CCC[CH2][Sn]([CH2]CCC)[CH2]CCC.CCC[CH2][Sn]([CH2]CCC)[CH2]CCC.[Si]c1ccc2c(c1)Cc1ccccc1-2. The quantitative estimate of drug-likeness (QED) is 0.113. The molecule has 5 radical (unpaired) electrons. The Morgan fingerprint density at radius 1 is 0.500 bits per heavy atom. The van der Waals surface area contributed by atoms with Crippen LogP contribution in [0.25, 0.3) is 11.1 Å². The van der Waals surface area contributed by atoms with E-state index < -0.39 is 39.5 Å². The maximum atomic E-state index is 3.56. The Balaban J connectivity index is 0.000000301. The molecule has 0 fully saturated rings. The topological polar surface area (TPSA) is 0 Å². The molecule has 0 aromatic heterocycles. The summed E-state index contributed by atoms with van der Waals surface area (Å²) in [5, 5.41) is 1.16. The Morgan fingerprint density at radius 3 is 1.27 bits per heavy atom. The van der Waals surface area contributed by atoms with Gasteiger partial charge in [-0.25, -0.2) is 0 Å². The molecule has 2 aromatic carbocycles. The molecule has 0 aliphatic heterocycles. The van der Waals surface area contributed by atoms with Crippen LogP contribution in [-0.4, -0.2) is 49.8 Å². The summed E-state index contributed by atoms with van der Waals surface area (Å²) in [4.78, 5) is 0. The van der Waals surface area contributed by atoms with Gasteiger partial charge in [0.25, 0.3) is 0 Å². The van der Waals surface area contributed by atoms with Gasteiger partial charge in [0.2, 0.25) is 0 Å². The van der Waals surface area contributed by atoms with Crippen LogP contribution in [0.15, 0.2) is 42.5 Å². The first-order valence-electron chi connectivity index (χ1n) is 17.1. The van der Waals surface area contributed by atoms with Crippen molar-refractivity contribution in [3.63, 3.8) is 0 Å². The zero-order chi connectivity index (χ0) is 29.4. The summed E-state index contributed by atoms with van der Waals surface area (Å²) in [6, 6.07) is 15.2. The van der Waals surface area contributed by atoms with Crippen LogP contribution in [-0.2, 0) is 6.42 Å². The van der Waals surface area contributed by atoms with Gasteiger partial charge in [0, 0.05) is 0 Å². The molecule has 0 nitrogen and oxygen atoms in total. The molecule has 3 rings (SSSR count). The molecule has 223 valence electrons. The number of benzene rings is 2. The van der Waals surface area contributed by atoms with Crippen molar-refractivity contribution in [1.82, 2.24) is 0 Å². The van der Waals surface area contributed by atoms with Gasteiger partial charge in [0.1, 0.15) is 0 Å². The van der Waals surface area contributed by atoms with Gasteiger partial charge in [0.15, 0.2) is 0 Å². The minimum Gasteiger partial charge on any atom is -0.0670 e. The molecule has 0 spiro atoms. The Labute approximate surface area is 269 Å². The molecule has 0 saturated carbocycles. The molecule has 0 amide bonds. The number of fused-ring (bicyclic) bond motifs is 3. The minimum atomic E-state index is -0.839. The monoisotopic (exact) mass is 775 g/mol. The van der Waals surface area contributed by atoms with Crippen LogP contribution in [0.3, 0.4) is 0 Å². The number of unbranched alkanes of at least 4 members (excludes halogenated alkanes) is 6. The standard InChI is InChI=1S/C13H9Si.6C4H9.2Sn/c14-11-5-6-13-10(8-11)7-9-3-1-2-4-12(9)13;6*1-3-4-2;;/h1-6,8H,7H2;6*1,3-4H2,2H3;;. The van der Waals surface area contributed by atoms with Gasteiger partial charge in [0.05, 0.1) is 10.2 Å². The zero-order valence-electron chi connectivity index (χ0n) is 27.5. The Hall–Kier alpha value is 0.254. The summed E-state index contributed by atoms with van der Waals surface area (Å²) < 4.78 is 10.1. The largest absolute Gasteiger partial charge is 0.0711 e. The molecule has 0 bridgehead atoms. The molecule has 2 aromatic rings. The van der Waals surface area contributed by atoms with Gasteiger partial charge in [-0.2, -0.15) is 0 Å². The first-order valence-corrected chi connectivity index (χ1v) is 29.7. The summed E-state index contributed by atoms with van der Waals surface area (Å²) in [5.41, 5.74) is 5.66. The number of hydrogen-bond acceptors (Lipinski definition) is 0. The predicted molar refractivity (Wildman–Crippen MR) is 190 cm³/mol. The first-order chi connectivity index (χ1) is 19.5. The summed E-state index contributed by atoms with van der Waals surface area (Å²) in [7, 11) is 3.56. The molecular formula is C37H63SiSn2. The molecule has 0 unspecified atom stereocenters. The molecule has 3 heteroatoms. The average molecular weight is 773 g/mol. The van der Waals surface area contributed by atoms with Crippen molar-refractivity contribution >= 4 is 54.9 Å². The van der Waals surface area contributed by atoms with Crippen molar-refractivity contribution in [3.05, 3.63) is 53.6 Å². The summed E-state index contributed by atoms with van der Waals surface area (Å²) in [6.45, 7) is 14.0. The van der Waals surface area contributed by atoms with E-state index in [0.717, 1.165) is 11.6 Å². The maximum absolute atomic E-state index is 3.56. The van der Waals surface area contributed by atoms with Gasteiger partial charge in [-0.15, -0.1) is 0 Å². The van der Waals surface area contributed by atoms with Crippen molar-refractivity contribution in [2.75, 3.05) is 0 Å². The maximum Gasteiger partial charge on any atom is 0.0711 e. The Kier molecular flexibility index (Phi) is 24.6. The molecule has 1 aliphatic rings. The Bertz CT molecular complexity index is 803. The van der Waals surface area contributed by atoms with Crippen molar-refractivity contribution in [2.24, 2.45) is 0 Å². The Morgan fingerprint density at radius 2 is 0.875 bits per heavy atom. The van der Waals surface area contributed by atoms with Crippen LogP contribution in [0.1, 0.15) is 130 Å². The van der Waals surface area contributed by atoms with Crippen molar-refractivity contribution in [1.29, 1.82) is 0 Å². The molecule has 0 heterocycles. The third-order valence-electron chi connectivity index (χ3n) is 8.10. The number of rotatable bonds is 18. The fourth-order valence-electron chi connectivity index (χ4n) is 5.46. The molecule has 0 N–H and O–H groups in total. The van der Waals surface area contributed by atoms with E-state index in [4.69, 9.17) is 0 Å². The van der Waals surface area contributed by atoms with E-state index in [-0.39, 0.29) is 0 Å².